The highest BCUT2D eigenvalue weighted by molar-refractivity contribution is 5.73. The van der Waals surface area contributed by atoms with Gasteiger partial charge < -0.3 is 18.9 Å². The Morgan fingerprint density at radius 1 is 0.919 bits per heavy atom. The molecular weight excluding hydrogens is 470 g/mol. The van der Waals surface area contributed by atoms with Crippen LogP contribution in [-0.2, 0) is 16.5 Å². The van der Waals surface area contributed by atoms with Gasteiger partial charge in [-0.05, 0) is 50.6 Å². The van der Waals surface area contributed by atoms with Crippen molar-refractivity contribution >= 4 is 11.2 Å². The van der Waals surface area contributed by atoms with Gasteiger partial charge in [0.2, 0.25) is 0 Å². The molecule has 0 aliphatic carbocycles. The number of hydrogen-bond acceptors (Lipinski definition) is 8. The van der Waals surface area contributed by atoms with E-state index >= 15 is 0 Å². The second-order valence-corrected chi connectivity index (χ2v) is 9.09. The van der Waals surface area contributed by atoms with E-state index in [1.807, 2.05) is 78.2 Å². The van der Waals surface area contributed by atoms with E-state index in [9.17, 15) is 0 Å². The summed E-state index contributed by atoms with van der Waals surface area (Å²) in [5, 5.41) is 4.22. The first-order chi connectivity index (χ1) is 17.8. The summed E-state index contributed by atoms with van der Waals surface area (Å²) < 4.78 is 24.9. The second kappa shape index (κ2) is 12.6. The fraction of sp³-hybridized carbons (Fsp3) is 0.429. The minimum atomic E-state index is -0.490. The molecule has 0 aliphatic heterocycles. The van der Waals surface area contributed by atoms with Crippen LogP contribution < -0.4 is 9.47 Å². The topological polar surface area (TPSA) is 93.4 Å². The van der Waals surface area contributed by atoms with Crippen LogP contribution in [0.3, 0.4) is 0 Å². The molecule has 1 aromatic carbocycles. The summed E-state index contributed by atoms with van der Waals surface area (Å²) in [6.07, 6.45) is 4.88. The normalized spacial score (nSPS) is 12.1. The molecule has 0 spiro atoms. The Balaban J connectivity index is 0.00000186. The summed E-state index contributed by atoms with van der Waals surface area (Å²) in [7, 11) is 5.10. The highest BCUT2D eigenvalue weighted by Gasteiger charge is 2.21. The van der Waals surface area contributed by atoms with Crippen LogP contribution in [0.4, 0.5) is 0 Å². The standard InChI is InChI=1S/C26H31N5O4.C2H6/c1-26(2,3)35-10-9-34-24(17-11-19(32-5)13-20(12-17)33-6)21-7-8-22-25(29-21)30-23(15-27-22)18-14-28-31(4)16-18;1-2/h7-8,11-16,24H,9-10H2,1-6H3;1-2H3. The van der Waals surface area contributed by atoms with E-state index in [0.29, 0.717) is 47.3 Å². The lowest BCUT2D eigenvalue weighted by Crippen LogP contribution is -2.22. The Kier molecular flexibility index (Phi) is 9.54. The highest BCUT2D eigenvalue weighted by atomic mass is 16.5. The number of pyridine rings is 1. The quantitative estimate of drug-likeness (QED) is 0.278. The van der Waals surface area contributed by atoms with Crippen molar-refractivity contribution in [2.24, 2.45) is 7.05 Å². The van der Waals surface area contributed by atoms with Crippen LogP contribution in [0.15, 0.2) is 48.9 Å². The van der Waals surface area contributed by atoms with Crippen LogP contribution in [0.1, 0.15) is 52.0 Å². The van der Waals surface area contributed by atoms with Gasteiger partial charge in [-0.25, -0.2) is 9.97 Å². The Morgan fingerprint density at radius 2 is 1.62 bits per heavy atom. The zero-order chi connectivity index (χ0) is 27.0. The lowest BCUT2D eigenvalue weighted by molar-refractivity contribution is -0.0461. The Hall–Kier alpha value is -3.56. The summed E-state index contributed by atoms with van der Waals surface area (Å²) in [5.74, 6) is 1.33. The summed E-state index contributed by atoms with van der Waals surface area (Å²) in [4.78, 5) is 14.1. The molecule has 0 aliphatic rings. The van der Waals surface area contributed by atoms with Gasteiger partial charge in [-0.15, -0.1) is 0 Å². The summed E-state index contributed by atoms with van der Waals surface area (Å²) >= 11 is 0. The minimum Gasteiger partial charge on any atom is -0.497 e. The average molecular weight is 508 g/mol. The van der Waals surface area contributed by atoms with Gasteiger partial charge in [0.25, 0.3) is 0 Å². The number of hydrogen-bond donors (Lipinski definition) is 0. The fourth-order valence-corrected chi connectivity index (χ4v) is 3.60. The third kappa shape index (κ3) is 7.47. The van der Waals surface area contributed by atoms with Crippen LogP contribution in [0.25, 0.3) is 22.4 Å². The predicted octanol–water partition coefficient (Wildman–Crippen LogP) is 5.39. The number of ether oxygens (including phenoxy) is 4. The van der Waals surface area contributed by atoms with E-state index in [1.165, 1.54) is 0 Å². The Bertz CT molecular complexity index is 1280. The Morgan fingerprint density at radius 3 is 2.22 bits per heavy atom. The number of methoxy groups -OCH3 is 2. The zero-order valence-electron chi connectivity index (χ0n) is 23.0. The molecule has 1 atom stereocenters. The first-order valence-electron chi connectivity index (χ1n) is 12.4. The van der Waals surface area contributed by atoms with E-state index in [4.69, 9.17) is 28.9 Å². The number of benzene rings is 1. The summed E-state index contributed by atoms with van der Waals surface area (Å²) in [6.45, 7) is 10.9. The number of nitrogens with zero attached hydrogens (tertiary/aromatic N) is 5. The summed E-state index contributed by atoms with van der Waals surface area (Å²) in [6, 6.07) is 9.46. The number of aryl methyl sites for hydroxylation is 1. The predicted molar refractivity (Wildman–Crippen MR) is 144 cm³/mol. The molecule has 9 nitrogen and oxygen atoms in total. The van der Waals surface area contributed by atoms with Crippen LogP contribution in [0, 0.1) is 0 Å². The molecule has 1 unspecified atom stereocenters. The van der Waals surface area contributed by atoms with Gasteiger partial charge in [0.15, 0.2) is 5.65 Å². The molecule has 9 heteroatoms. The van der Waals surface area contributed by atoms with E-state index in [1.54, 1.807) is 31.3 Å². The maximum Gasteiger partial charge on any atom is 0.179 e. The third-order valence-corrected chi connectivity index (χ3v) is 5.28. The van der Waals surface area contributed by atoms with Crippen LogP contribution in [0.2, 0.25) is 0 Å². The second-order valence-electron chi connectivity index (χ2n) is 9.09. The number of aromatic nitrogens is 5. The lowest BCUT2D eigenvalue weighted by Gasteiger charge is -2.22. The van der Waals surface area contributed by atoms with Gasteiger partial charge in [-0.3, -0.25) is 9.67 Å². The lowest BCUT2D eigenvalue weighted by atomic mass is 10.0. The fourth-order valence-electron chi connectivity index (χ4n) is 3.60. The molecule has 4 rings (SSSR count). The molecule has 0 N–H and O–H groups in total. The molecule has 198 valence electrons. The van der Waals surface area contributed by atoms with Crippen molar-refractivity contribution in [2.45, 2.75) is 46.3 Å². The third-order valence-electron chi connectivity index (χ3n) is 5.28. The molecule has 3 heterocycles. The van der Waals surface area contributed by atoms with E-state index in [0.717, 1.165) is 11.1 Å². The SMILES string of the molecule is CC.COc1cc(OC)cc(C(OCCOC(C)(C)C)c2ccc3ncc(-c4cnn(C)c4)nc3n2)c1. The number of fused-ring (bicyclic) bond motifs is 1. The molecule has 0 saturated heterocycles. The van der Waals surface area contributed by atoms with Gasteiger partial charge in [-0.2, -0.15) is 5.10 Å². The van der Waals surface area contributed by atoms with Crippen molar-refractivity contribution in [3.8, 4) is 22.8 Å². The molecule has 4 aromatic rings. The van der Waals surface area contributed by atoms with E-state index < -0.39 is 6.10 Å². The monoisotopic (exact) mass is 507 g/mol. The molecule has 0 amide bonds. The van der Waals surface area contributed by atoms with Gasteiger partial charge in [-0.1, -0.05) is 13.8 Å². The van der Waals surface area contributed by atoms with Crippen molar-refractivity contribution < 1.29 is 18.9 Å². The van der Waals surface area contributed by atoms with Gasteiger partial charge in [0.05, 0.1) is 56.8 Å². The van der Waals surface area contributed by atoms with Gasteiger partial charge >= 0.3 is 0 Å². The molecule has 0 radical (unpaired) electrons. The first-order valence-corrected chi connectivity index (χ1v) is 12.4. The zero-order valence-corrected chi connectivity index (χ0v) is 23.0. The Labute approximate surface area is 218 Å². The maximum absolute atomic E-state index is 6.32. The first kappa shape index (κ1) is 28.0. The van der Waals surface area contributed by atoms with Crippen LogP contribution in [-0.4, -0.2) is 57.8 Å². The maximum atomic E-state index is 6.32. The minimum absolute atomic E-state index is 0.252. The molecular formula is C28H37N5O4. The van der Waals surface area contributed by atoms with Crippen molar-refractivity contribution in [2.75, 3.05) is 27.4 Å². The van der Waals surface area contributed by atoms with Crippen molar-refractivity contribution in [3.05, 3.63) is 60.2 Å². The van der Waals surface area contributed by atoms with E-state index in [-0.39, 0.29) is 5.60 Å². The smallest absolute Gasteiger partial charge is 0.179 e. The molecule has 3 aromatic heterocycles. The van der Waals surface area contributed by atoms with Gasteiger partial charge in [0, 0.05) is 24.9 Å². The average Bonchev–Trinajstić information content (AvgIpc) is 3.34. The molecule has 0 fully saturated rings. The van der Waals surface area contributed by atoms with Crippen LogP contribution >= 0.6 is 0 Å². The molecule has 0 bridgehead atoms. The van der Waals surface area contributed by atoms with Crippen molar-refractivity contribution in [1.82, 2.24) is 24.7 Å². The summed E-state index contributed by atoms with van der Waals surface area (Å²) in [5.41, 5.74) is 4.09. The van der Waals surface area contributed by atoms with E-state index in [2.05, 4.69) is 10.1 Å². The highest BCUT2D eigenvalue weighted by Crippen LogP contribution is 2.32. The van der Waals surface area contributed by atoms with Gasteiger partial charge in [0.1, 0.15) is 23.1 Å². The molecule has 0 saturated carbocycles. The van der Waals surface area contributed by atoms with Crippen molar-refractivity contribution in [3.63, 3.8) is 0 Å². The van der Waals surface area contributed by atoms with Crippen LogP contribution in [0.5, 0.6) is 11.5 Å². The number of rotatable bonds is 9. The molecule has 37 heavy (non-hydrogen) atoms. The van der Waals surface area contributed by atoms with Crippen molar-refractivity contribution in [1.29, 1.82) is 0 Å². The largest absolute Gasteiger partial charge is 0.497 e.